The van der Waals surface area contributed by atoms with E-state index in [0.29, 0.717) is 11.4 Å². The largest absolute Gasteiger partial charge is 0.478 e. The Kier molecular flexibility index (Phi) is 4.06. The van der Waals surface area contributed by atoms with E-state index in [1.54, 1.807) is 30.1 Å². The van der Waals surface area contributed by atoms with Crippen LogP contribution in [0.25, 0.3) is 0 Å². The zero-order valence-corrected chi connectivity index (χ0v) is 11.3. The fourth-order valence-corrected chi connectivity index (χ4v) is 2.70. The lowest BCUT2D eigenvalue weighted by Gasteiger charge is -2.07. The van der Waals surface area contributed by atoms with Gasteiger partial charge in [0.25, 0.3) is 0 Å². The van der Waals surface area contributed by atoms with Crippen LogP contribution in [0.3, 0.4) is 0 Å². The number of pyridine rings is 1. The van der Waals surface area contributed by atoms with Gasteiger partial charge in [0.15, 0.2) is 0 Å². The molecule has 0 radical (unpaired) electrons. The molecule has 0 unspecified atom stereocenters. The van der Waals surface area contributed by atoms with Crippen molar-refractivity contribution in [1.82, 2.24) is 4.98 Å². The molecule has 0 spiro atoms. The first kappa shape index (κ1) is 13.4. The first-order chi connectivity index (χ1) is 9.08. The number of rotatable bonds is 4. The minimum absolute atomic E-state index is 0.253. The first-order valence-corrected chi connectivity index (χ1v) is 6.72. The zero-order chi connectivity index (χ0) is 13.8. The van der Waals surface area contributed by atoms with Gasteiger partial charge in [-0.25, -0.2) is 4.79 Å². The number of carboxylic acid groups (broad SMARTS) is 1. The number of aromatic nitrogens is 1. The fourth-order valence-electron chi connectivity index (χ4n) is 1.73. The molecular formula is C14H14N2O2S. The maximum absolute atomic E-state index is 11.1. The maximum atomic E-state index is 11.1. The summed E-state index contributed by atoms with van der Waals surface area (Å²) >= 11 is 1.56. The van der Waals surface area contributed by atoms with Crippen LogP contribution in [0.4, 0.5) is 5.69 Å². The molecule has 0 aliphatic carbocycles. The predicted octanol–water partition coefficient (Wildman–Crippen LogP) is 2.96. The van der Waals surface area contributed by atoms with Gasteiger partial charge in [-0.2, -0.15) is 0 Å². The van der Waals surface area contributed by atoms with Gasteiger partial charge in [-0.15, -0.1) is 11.8 Å². The molecule has 0 aliphatic heterocycles. The van der Waals surface area contributed by atoms with Gasteiger partial charge >= 0.3 is 5.97 Å². The molecule has 1 heterocycles. The molecule has 1 aromatic heterocycles. The molecule has 1 aromatic carbocycles. The van der Waals surface area contributed by atoms with Crippen molar-refractivity contribution >= 4 is 23.4 Å². The Labute approximate surface area is 115 Å². The molecule has 0 saturated heterocycles. The highest BCUT2D eigenvalue weighted by atomic mass is 32.2. The summed E-state index contributed by atoms with van der Waals surface area (Å²) in [7, 11) is 0. The third kappa shape index (κ3) is 3.26. The van der Waals surface area contributed by atoms with Gasteiger partial charge in [0.2, 0.25) is 0 Å². The third-order valence-electron chi connectivity index (χ3n) is 2.68. The van der Waals surface area contributed by atoms with Gasteiger partial charge in [0.1, 0.15) is 0 Å². The van der Waals surface area contributed by atoms with Crippen LogP contribution in [0.5, 0.6) is 0 Å². The number of nitrogens with zero attached hydrogens (tertiary/aromatic N) is 1. The van der Waals surface area contributed by atoms with E-state index < -0.39 is 5.97 Å². The molecule has 19 heavy (non-hydrogen) atoms. The lowest BCUT2D eigenvalue weighted by Crippen LogP contribution is -2.03. The van der Waals surface area contributed by atoms with Crippen LogP contribution in [0.15, 0.2) is 41.4 Å². The molecule has 4 nitrogen and oxygen atoms in total. The molecule has 98 valence electrons. The molecule has 0 atom stereocenters. The van der Waals surface area contributed by atoms with Crippen LogP contribution >= 0.6 is 11.8 Å². The van der Waals surface area contributed by atoms with Crippen molar-refractivity contribution in [1.29, 1.82) is 0 Å². The number of aromatic carboxylic acids is 1. The van der Waals surface area contributed by atoms with E-state index in [1.165, 1.54) is 0 Å². The summed E-state index contributed by atoms with van der Waals surface area (Å²) < 4.78 is 0. The van der Waals surface area contributed by atoms with Crippen molar-refractivity contribution in [3.8, 4) is 0 Å². The number of aryl methyl sites for hydroxylation is 1. The summed E-state index contributed by atoms with van der Waals surface area (Å²) in [5.41, 5.74) is 8.34. The molecule has 2 aromatic rings. The standard InChI is InChI=1S/C14H14N2O2S/c1-9-7-10(15)4-5-13(9)19-8-12-11(14(17)18)3-2-6-16-12/h2-7H,8,15H2,1H3,(H,17,18). The van der Waals surface area contributed by atoms with Gasteiger partial charge in [-0.3, -0.25) is 4.98 Å². The smallest absolute Gasteiger partial charge is 0.337 e. The number of nitrogen functional groups attached to an aromatic ring is 1. The second kappa shape index (κ2) is 5.75. The molecule has 2 rings (SSSR count). The van der Waals surface area contributed by atoms with E-state index in [9.17, 15) is 4.79 Å². The SMILES string of the molecule is Cc1cc(N)ccc1SCc1ncccc1C(=O)O. The van der Waals surface area contributed by atoms with E-state index in [2.05, 4.69) is 4.98 Å². The topological polar surface area (TPSA) is 76.2 Å². The number of carboxylic acids is 1. The molecular weight excluding hydrogens is 260 g/mol. The lowest BCUT2D eigenvalue weighted by molar-refractivity contribution is 0.0695. The summed E-state index contributed by atoms with van der Waals surface area (Å²) in [4.78, 5) is 16.3. The number of thioether (sulfide) groups is 1. The Balaban J connectivity index is 2.17. The highest BCUT2D eigenvalue weighted by molar-refractivity contribution is 7.98. The Morgan fingerprint density at radius 1 is 1.42 bits per heavy atom. The van der Waals surface area contributed by atoms with Gasteiger partial charge in [-0.05, 0) is 42.8 Å². The van der Waals surface area contributed by atoms with Crippen LogP contribution in [0.2, 0.25) is 0 Å². The second-order valence-electron chi connectivity index (χ2n) is 4.12. The highest BCUT2D eigenvalue weighted by Gasteiger charge is 2.11. The highest BCUT2D eigenvalue weighted by Crippen LogP contribution is 2.27. The van der Waals surface area contributed by atoms with Crippen LogP contribution < -0.4 is 5.73 Å². The fraction of sp³-hybridized carbons (Fsp3) is 0.143. The quantitative estimate of drug-likeness (QED) is 0.662. The summed E-state index contributed by atoms with van der Waals surface area (Å²) in [6.45, 7) is 1.98. The molecule has 3 N–H and O–H groups in total. The monoisotopic (exact) mass is 274 g/mol. The molecule has 0 bridgehead atoms. The van der Waals surface area contributed by atoms with E-state index in [-0.39, 0.29) is 5.56 Å². The van der Waals surface area contributed by atoms with Gasteiger partial charge < -0.3 is 10.8 Å². The number of hydrogen-bond acceptors (Lipinski definition) is 4. The van der Waals surface area contributed by atoms with Crippen LogP contribution in [0.1, 0.15) is 21.6 Å². The second-order valence-corrected chi connectivity index (χ2v) is 5.13. The minimum atomic E-state index is -0.947. The van der Waals surface area contributed by atoms with Crippen LogP contribution in [-0.2, 0) is 5.75 Å². The number of hydrogen-bond donors (Lipinski definition) is 2. The van der Waals surface area contributed by atoms with Crippen molar-refractivity contribution in [2.24, 2.45) is 0 Å². The van der Waals surface area contributed by atoms with E-state index >= 15 is 0 Å². The average Bonchev–Trinajstić information content (AvgIpc) is 2.38. The Hall–Kier alpha value is -2.01. The number of benzene rings is 1. The van der Waals surface area contributed by atoms with Gasteiger partial charge in [-0.1, -0.05) is 0 Å². The molecule has 0 amide bonds. The van der Waals surface area contributed by atoms with Gasteiger partial charge in [0.05, 0.1) is 11.3 Å². The summed E-state index contributed by atoms with van der Waals surface area (Å²) in [6, 6.07) is 8.89. The number of nitrogens with two attached hydrogens (primary N) is 1. The van der Waals surface area contributed by atoms with Crippen molar-refractivity contribution in [3.05, 3.63) is 53.3 Å². The Morgan fingerprint density at radius 2 is 2.21 bits per heavy atom. The third-order valence-corrected chi connectivity index (χ3v) is 3.87. The van der Waals surface area contributed by atoms with Gasteiger partial charge in [0, 0.05) is 22.5 Å². The van der Waals surface area contributed by atoms with E-state index in [1.807, 2.05) is 25.1 Å². The summed E-state index contributed by atoms with van der Waals surface area (Å²) in [5, 5.41) is 9.09. The minimum Gasteiger partial charge on any atom is -0.478 e. The molecule has 0 aliphatic rings. The average molecular weight is 274 g/mol. The lowest BCUT2D eigenvalue weighted by atomic mass is 10.2. The Bertz CT molecular complexity index is 614. The summed E-state index contributed by atoms with van der Waals surface area (Å²) in [6.07, 6.45) is 1.61. The van der Waals surface area contributed by atoms with Crippen molar-refractivity contribution < 1.29 is 9.90 Å². The summed E-state index contributed by atoms with van der Waals surface area (Å²) in [5.74, 6) is -0.425. The van der Waals surface area contributed by atoms with Crippen molar-refractivity contribution in [3.63, 3.8) is 0 Å². The molecule has 0 fully saturated rings. The zero-order valence-electron chi connectivity index (χ0n) is 10.5. The number of anilines is 1. The van der Waals surface area contributed by atoms with E-state index in [0.717, 1.165) is 16.1 Å². The number of carbonyl (C=O) groups is 1. The maximum Gasteiger partial charge on any atom is 0.337 e. The Morgan fingerprint density at radius 3 is 2.89 bits per heavy atom. The van der Waals surface area contributed by atoms with Crippen molar-refractivity contribution in [2.45, 2.75) is 17.6 Å². The van der Waals surface area contributed by atoms with Crippen LogP contribution in [0, 0.1) is 6.92 Å². The normalized spacial score (nSPS) is 10.4. The molecule has 5 heteroatoms. The van der Waals surface area contributed by atoms with Crippen molar-refractivity contribution in [2.75, 3.05) is 5.73 Å². The van der Waals surface area contributed by atoms with E-state index in [4.69, 9.17) is 10.8 Å². The van der Waals surface area contributed by atoms with Crippen LogP contribution in [-0.4, -0.2) is 16.1 Å². The predicted molar refractivity (Wildman–Crippen MR) is 76.3 cm³/mol. The first-order valence-electron chi connectivity index (χ1n) is 5.74. The molecule has 0 saturated carbocycles.